The van der Waals surface area contributed by atoms with E-state index in [0.717, 1.165) is 0 Å². The van der Waals surface area contributed by atoms with Crippen LogP contribution in [0.15, 0.2) is 52.3 Å². The molecule has 0 N–H and O–H groups in total. The maximum atomic E-state index is 2.39. The number of hydrogen-bond donors (Lipinski definition) is 0. The molecule has 0 saturated heterocycles. The van der Waals surface area contributed by atoms with Crippen LogP contribution in [0.2, 0.25) is 0 Å². The van der Waals surface area contributed by atoms with E-state index in [1.165, 1.54) is 45.7 Å². The highest BCUT2D eigenvalue weighted by atomic mass is 32.2. The average molecular weight is 268 g/mol. The lowest BCUT2D eigenvalue weighted by Crippen LogP contribution is -2.08. The summed E-state index contributed by atoms with van der Waals surface area (Å²) in [5, 5.41) is 0. The van der Waals surface area contributed by atoms with Crippen LogP contribution in [0.1, 0.15) is 48.8 Å². The lowest BCUT2D eigenvalue weighted by atomic mass is 9.86. The van der Waals surface area contributed by atoms with Gasteiger partial charge in [0.15, 0.2) is 0 Å². The summed E-state index contributed by atoms with van der Waals surface area (Å²) < 4.78 is 0. The highest BCUT2D eigenvalue weighted by Crippen LogP contribution is 2.47. The standard InChI is InChI=1S/C18H20S/c1-3-4-7-14-15-8-5-6-9-17(15)19-18-11-10-13(2)12-16(14)18/h5-6,8-12,14H,3-4,7H2,1-2H3. The third-order valence-electron chi connectivity index (χ3n) is 3.90. The van der Waals surface area contributed by atoms with Crippen LogP contribution in [0, 0.1) is 6.92 Å². The second-order valence-corrected chi connectivity index (χ2v) is 6.46. The topological polar surface area (TPSA) is 0 Å². The van der Waals surface area contributed by atoms with Crippen LogP contribution in [0.4, 0.5) is 0 Å². The predicted octanol–water partition coefficient (Wildman–Crippen LogP) is 5.78. The van der Waals surface area contributed by atoms with Gasteiger partial charge >= 0.3 is 0 Å². The van der Waals surface area contributed by atoms with Crippen molar-refractivity contribution in [1.29, 1.82) is 0 Å². The van der Waals surface area contributed by atoms with Crippen LogP contribution in [0.25, 0.3) is 0 Å². The minimum absolute atomic E-state index is 0.590. The van der Waals surface area contributed by atoms with Gasteiger partial charge in [-0.2, -0.15) is 0 Å². The molecule has 0 amide bonds. The van der Waals surface area contributed by atoms with Gasteiger partial charge in [-0.1, -0.05) is 67.4 Å². The molecule has 1 aliphatic rings. The molecule has 0 aliphatic carbocycles. The maximum Gasteiger partial charge on any atom is 0.0160 e. The summed E-state index contributed by atoms with van der Waals surface area (Å²) >= 11 is 1.93. The van der Waals surface area contributed by atoms with Crippen LogP contribution in [0.5, 0.6) is 0 Å². The number of unbranched alkanes of at least 4 members (excludes halogenated alkanes) is 1. The summed E-state index contributed by atoms with van der Waals surface area (Å²) in [6.07, 6.45) is 3.84. The summed E-state index contributed by atoms with van der Waals surface area (Å²) in [6, 6.07) is 15.8. The van der Waals surface area contributed by atoms with Crippen LogP contribution in [-0.4, -0.2) is 0 Å². The quantitative estimate of drug-likeness (QED) is 0.679. The van der Waals surface area contributed by atoms with E-state index in [-0.39, 0.29) is 0 Å². The average Bonchev–Trinajstić information content (AvgIpc) is 2.44. The first-order valence-corrected chi connectivity index (χ1v) is 7.98. The van der Waals surface area contributed by atoms with Gasteiger partial charge in [0.2, 0.25) is 0 Å². The van der Waals surface area contributed by atoms with Crippen LogP contribution in [0.3, 0.4) is 0 Å². The van der Waals surface area contributed by atoms with Gasteiger partial charge in [-0.05, 0) is 36.6 Å². The minimum atomic E-state index is 0.590. The SMILES string of the molecule is CCCCC1c2ccccc2Sc2ccc(C)cc21. The van der Waals surface area contributed by atoms with Gasteiger partial charge in [0.1, 0.15) is 0 Å². The van der Waals surface area contributed by atoms with Gasteiger partial charge in [-0.3, -0.25) is 0 Å². The molecule has 1 heteroatoms. The molecule has 3 rings (SSSR count). The zero-order chi connectivity index (χ0) is 13.2. The molecule has 0 nitrogen and oxygen atoms in total. The fraction of sp³-hybridized carbons (Fsp3) is 0.333. The molecule has 1 atom stereocenters. The van der Waals surface area contributed by atoms with E-state index in [9.17, 15) is 0 Å². The second kappa shape index (κ2) is 5.42. The zero-order valence-electron chi connectivity index (χ0n) is 11.6. The lowest BCUT2D eigenvalue weighted by Gasteiger charge is -2.28. The Morgan fingerprint density at radius 3 is 2.63 bits per heavy atom. The molecule has 0 spiro atoms. The molecule has 1 aliphatic heterocycles. The highest BCUT2D eigenvalue weighted by Gasteiger charge is 2.25. The van der Waals surface area contributed by atoms with Gasteiger partial charge < -0.3 is 0 Å². The Hall–Kier alpha value is -1.21. The Morgan fingerprint density at radius 2 is 1.79 bits per heavy atom. The molecular weight excluding hydrogens is 248 g/mol. The lowest BCUT2D eigenvalue weighted by molar-refractivity contribution is 0.632. The number of fused-ring (bicyclic) bond motifs is 2. The number of benzene rings is 2. The summed E-state index contributed by atoms with van der Waals surface area (Å²) in [5.74, 6) is 0.590. The maximum absolute atomic E-state index is 2.39. The Morgan fingerprint density at radius 1 is 1.00 bits per heavy atom. The predicted molar refractivity (Wildman–Crippen MR) is 83.1 cm³/mol. The molecule has 0 bridgehead atoms. The van der Waals surface area contributed by atoms with E-state index in [1.807, 2.05) is 11.8 Å². The Bertz CT molecular complexity index is 586. The molecule has 0 fully saturated rings. The molecule has 0 radical (unpaired) electrons. The highest BCUT2D eigenvalue weighted by molar-refractivity contribution is 7.99. The second-order valence-electron chi connectivity index (χ2n) is 5.38. The Balaban J connectivity index is 2.08. The Kier molecular flexibility index (Phi) is 3.65. The molecule has 2 aromatic carbocycles. The summed E-state index contributed by atoms with van der Waals surface area (Å²) in [6.45, 7) is 4.48. The normalized spacial score (nSPS) is 16.8. The van der Waals surface area contributed by atoms with Crippen molar-refractivity contribution in [1.82, 2.24) is 0 Å². The van der Waals surface area contributed by atoms with Crippen LogP contribution in [-0.2, 0) is 0 Å². The third kappa shape index (κ3) is 2.44. The van der Waals surface area contributed by atoms with Gasteiger partial charge in [0.05, 0.1) is 0 Å². The molecule has 1 heterocycles. The van der Waals surface area contributed by atoms with Crippen LogP contribution < -0.4 is 0 Å². The molecule has 2 aromatic rings. The van der Waals surface area contributed by atoms with Gasteiger partial charge in [0, 0.05) is 15.7 Å². The van der Waals surface area contributed by atoms with Gasteiger partial charge in [-0.25, -0.2) is 0 Å². The van der Waals surface area contributed by atoms with E-state index >= 15 is 0 Å². The summed E-state index contributed by atoms with van der Waals surface area (Å²) in [7, 11) is 0. The van der Waals surface area contributed by atoms with Crippen molar-refractivity contribution in [3.63, 3.8) is 0 Å². The molecule has 1 unspecified atom stereocenters. The molecule has 98 valence electrons. The molecule has 0 saturated carbocycles. The van der Waals surface area contributed by atoms with Crippen molar-refractivity contribution in [2.75, 3.05) is 0 Å². The monoisotopic (exact) mass is 268 g/mol. The van der Waals surface area contributed by atoms with E-state index < -0.39 is 0 Å². The van der Waals surface area contributed by atoms with E-state index in [1.54, 1.807) is 0 Å². The van der Waals surface area contributed by atoms with Gasteiger partial charge in [0.25, 0.3) is 0 Å². The van der Waals surface area contributed by atoms with E-state index in [0.29, 0.717) is 5.92 Å². The van der Waals surface area contributed by atoms with Crippen molar-refractivity contribution >= 4 is 11.8 Å². The summed E-state index contributed by atoms with van der Waals surface area (Å²) in [4.78, 5) is 2.89. The smallest absolute Gasteiger partial charge is 0.0160 e. The molecular formula is C18H20S. The van der Waals surface area contributed by atoms with Crippen molar-refractivity contribution in [2.45, 2.75) is 48.8 Å². The fourth-order valence-corrected chi connectivity index (χ4v) is 4.07. The largest absolute Gasteiger partial charge is 0.0895 e. The van der Waals surface area contributed by atoms with Crippen molar-refractivity contribution in [3.8, 4) is 0 Å². The van der Waals surface area contributed by atoms with Crippen molar-refractivity contribution < 1.29 is 0 Å². The zero-order valence-corrected chi connectivity index (χ0v) is 12.5. The third-order valence-corrected chi connectivity index (χ3v) is 5.08. The number of rotatable bonds is 3. The van der Waals surface area contributed by atoms with Gasteiger partial charge in [-0.15, -0.1) is 0 Å². The minimum Gasteiger partial charge on any atom is -0.0895 e. The molecule has 0 aromatic heterocycles. The number of hydrogen-bond acceptors (Lipinski definition) is 1. The van der Waals surface area contributed by atoms with Crippen molar-refractivity contribution in [3.05, 3.63) is 59.2 Å². The first-order chi connectivity index (χ1) is 9.29. The van der Waals surface area contributed by atoms with E-state index in [4.69, 9.17) is 0 Å². The first-order valence-electron chi connectivity index (χ1n) is 7.17. The van der Waals surface area contributed by atoms with Crippen molar-refractivity contribution in [2.24, 2.45) is 0 Å². The Labute approximate surface area is 120 Å². The first kappa shape index (κ1) is 12.8. The molecule has 19 heavy (non-hydrogen) atoms. The van der Waals surface area contributed by atoms with E-state index in [2.05, 4.69) is 56.3 Å². The number of aryl methyl sites for hydroxylation is 1. The van der Waals surface area contributed by atoms with Crippen LogP contribution >= 0.6 is 11.8 Å². The summed E-state index contributed by atoms with van der Waals surface area (Å²) in [5.41, 5.74) is 4.44. The fourth-order valence-electron chi connectivity index (χ4n) is 2.90.